The van der Waals surface area contributed by atoms with E-state index in [0.29, 0.717) is 25.0 Å². The van der Waals surface area contributed by atoms with Crippen LogP contribution < -0.4 is 33.2 Å². The lowest BCUT2D eigenvalue weighted by Crippen LogP contribution is -2.57. The maximum absolute atomic E-state index is 13.0. The topological polar surface area (TPSA) is 215 Å². The summed E-state index contributed by atoms with van der Waals surface area (Å²) >= 11 is 1.55. The molecule has 0 rings (SSSR count). The molecule has 10 N–H and O–H groups in total. The summed E-state index contributed by atoms with van der Waals surface area (Å²) < 4.78 is 0. The zero-order chi connectivity index (χ0) is 24.7. The van der Waals surface area contributed by atoms with Crippen molar-refractivity contribution in [2.24, 2.45) is 28.1 Å². The summed E-state index contributed by atoms with van der Waals surface area (Å²) in [7, 11) is 0. The van der Waals surface area contributed by atoms with Crippen LogP contribution in [0.1, 0.15) is 39.5 Å². The summed E-state index contributed by atoms with van der Waals surface area (Å²) in [6, 6.07) is -2.70. The van der Waals surface area contributed by atoms with Gasteiger partial charge < -0.3 is 38.3 Å². The van der Waals surface area contributed by atoms with Crippen LogP contribution in [-0.4, -0.2) is 78.0 Å². The molecule has 4 atom stereocenters. The molecule has 0 aromatic carbocycles. The number of nitrogens with zero attached hydrogens (tertiary/aromatic N) is 1. The Morgan fingerprint density at radius 2 is 1.72 bits per heavy atom. The maximum Gasteiger partial charge on any atom is 0.322 e. The molecule has 12 nitrogen and oxygen atoms in total. The van der Waals surface area contributed by atoms with Crippen LogP contribution in [0.15, 0.2) is 4.99 Å². The van der Waals surface area contributed by atoms with E-state index >= 15 is 0 Å². The predicted molar refractivity (Wildman–Crippen MR) is 125 cm³/mol. The summed E-state index contributed by atoms with van der Waals surface area (Å²) in [6.45, 7) is 3.29. The monoisotopic (exact) mass is 475 g/mol. The summed E-state index contributed by atoms with van der Waals surface area (Å²) in [5, 5.41) is 16.4. The fourth-order valence-electron chi connectivity index (χ4n) is 2.66. The van der Waals surface area contributed by atoms with Gasteiger partial charge in [0, 0.05) is 6.54 Å². The average molecular weight is 476 g/mol. The third-order valence-electron chi connectivity index (χ3n) is 4.76. The predicted octanol–water partition coefficient (Wildman–Crippen LogP) is -1.66. The number of guanidine groups is 1. The molecule has 13 heteroatoms. The first-order valence-corrected chi connectivity index (χ1v) is 11.8. The number of carbonyl (C=O) groups is 4. The molecule has 3 amide bonds. The van der Waals surface area contributed by atoms with Crippen molar-refractivity contribution in [1.29, 1.82) is 0 Å². The van der Waals surface area contributed by atoms with Crippen molar-refractivity contribution < 1.29 is 24.3 Å². The normalized spacial score (nSPS) is 14.4. The smallest absolute Gasteiger partial charge is 0.322 e. The molecule has 0 aliphatic rings. The van der Waals surface area contributed by atoms with Gasteiger partial charge in [0.2, 0.25) is 17.7 Å². The van der Waals surface area contributed by atoms with Gasteiger partial charge in [0.25, 0.3) is 0 Å². The van der Waals surface area contributed by atoms with Gasteiger partial charge in [-0.15, -0.1) is 0 Å². The quantitative estimate of drug-likeness (QED) is 0.0771. The lowest BCUT2D eigenvalue weighted by molar-refractivity contribution is -0.139. The van der Waals surface area contributed by atoms with E-state index in [-0.39, 0.29) is 24.8 Å². The van der Waals surface area contributed by atoms with Crippen LogP contribution in [0.4, 0.5) is 0 Å². The number of amides is 3. The van der Waals surface area contributed by atoms with Gasteiger partial charge in [-0.05, 0) is 37.2 Å². The number of rotatable bonds is 16. The Bertz CT molecular complexity index is 658. The first-order chi connectivity index (χ1) is 15.0. The molecule has 0 aliphatic heterocycles. The molecule has 0 aromatic heterocycles. The molecule has 4 unspecified atom stereocenters. The molecule has 0 radical (unpaired) electrons. The fraction of sp³-hybridized carbons (Fsp3) is 0.737. The molecule has 0 heterocycles. The number of carboxylic acids is 1. The first kappa shape index (κ1) is 29.5. The highest BCUT2D eigenvalue weighted by molar-refractivity contribution is 7.98. The molecule has 0 aromatic rings. The zero-order valence-corrected chi connectivity index (χ0v) is 19.7. The van der Waals surface area contributed by atoms with Gasteiger partial charge in [-0.1, -0.05) is 20.3 Å². The molecule has 0 aliphatic carbocycles. The zero-order valence-electron chi connectivity index (χ0n) is 18.9. The number of hydrogen-bond donors (Lipinski definition) is 7. The highest BCUT2D eigenvalue weighted by Gasteiger charge is 2.30. The number of thioether (sulfide) groups is 1. The van der Waals surface area contributed by atoms with Crippen molar-refractivity contribution in [3.8, 4) is 0 Å². The van der Waals surface area contributed by atoms with E-state index < -0.39 is 48.4 Å². The van der Waals surface area contributed by atoms with Crippen LogP contribution in [0.3, 0.4) is 0 Å². The van der Waals surface area contributed by atoms with Crippen LogP contribution >= 0.6 is 11.8 Å². The molecule has 0 saturated heterocycles. The highest BCUT2D eigenvalue weighted by Crippen LogP contribution is 2.10. The Kier molecular flexibility index (Phi) is 14.9. The van der Waals surface area contributed by atoms with Crippen molar-refractivity contribution in [3.05, 3.63) is 0 Å². The van der Waals surface area contributed by atoms with Crippen LogP contribution in [0.5, 0.6) is 0 Å². The van der Waals surface area contributed by atoms with Crippen molar-refractivity contribution >= 4 is 41.4 Å². The van der Waals surface area contributed by atoms with E-state index in [9.17, 15) is 19.2 Å². The fourth-order valence-corrected chi connectivity index (χ4v) is 3.15. The molecule has 0 bridgehead atoms. The van der Waals surface area contributed by atoms with Gasteiger partial charge in [0.15, 0.2) is 5.96 Å². The van der Waals surface area contributed by atoms with E-state index in [0.717, 1.165) is 0 Å². The number of aliphatic imine (C=N–C) groups is 1. The number of aliphatic carboxylic acids is 1. The van der Waals surface area contributed by atoms with Crippen LogP contribution in [0, 0.1) is 5.92 Å². The Balaban J connectivity index is 5.36. The number of carbonyl (C=O) groups excluding carboxylic acids is 3. The molecule has 0 saturated carbocycles. The van der Waals surface area contributed by atoms with Gasteiger partial charge in [-0.2, -0.15) is 11.8 Å². The van der Waals surface area contributed by atoms with Gasteiger partial charge >= 0.3 is 5.97 Å². The minimum atomic E-state index is -1.20. The molecular formula is C19H37N7O5S. The van der Waals surface area contributed by atoms with Crippen LogP contribution in [-0.2, 0) is 19.2 Å². The summed E-state index contributed by atoms with van der Waals surface area (Å²) in [4.78, 5) is 52.5. The Labute approximate surface area is 192 Å². The molecular weight excluding hydrogens is 438 g/mol. The van der Waals surface area contributed by atoms with E-state index in [4.69, 9.17) is 22.3 Å². The van der Waals surface area contributed by atoms with Crippen molar-refractivity contribution in [2.45, 2.75) is 57.7 Å². The Morgan fingerprint density at radius 1 is 1.06 bits per heavy atom. The maximum atomic E-state index is 13.0. The molecule has 0 spiro atoms. The number of nitrogens with two attached hydrogens (primary N) is 3. The van der Waals surface area contributed by atoms with E-state index in [1.54, 1.807) is 18.7 Å². The highest BCUT2D eigenvalue weighted by atomic mass is 32.2. The van der Waals surface area contributed by atoms with E-state index in [1.165, 1.54) is 0 Å². The number of hydrogen-bond acceptors (Lipinski definition) is 7. The minimum Gasteiger partial charge on any atom is -0.480 e. The third kappa shape index (κ3) is 12.3. The van der Waals surface area contributed by atoms with Gasteiger partial charge in [-0.3, -0.25) is 24.2 Å². The number of nitrogens with one attached hydrogen (secondary N) is 3. The molecule has 0 fully saturated rings. The summed E-state index contributed by atoms with van der Waals surface area (Å²) in [5.41, 5.74) is 16.5. The van der Waals surface area contributed by atoms with Crippen LogP contribution in [0.25, 0.3) is 0 Å². The lowest BCUT2D eigenvalue weighted by atomic mass is 9.97. The van der Waals surface area contributed by atoms with E-state index in [1.807, 2.05) is 13.2 Å². The Morgan fingerprint density at radius 3 is 2.25 bits per heavy atom. The van der Waals surface area contributed by atoms with Gasteiger partial charge in [0.05, 0.1) is 6.04 Å². The molecule has 184 valence electrons. The SMILES string of the molecule is CCC(C)C(NC(=O)C(CCCN=C(N)N)NC(=O)C(N)CCSC)C(=O)NCC(=O)O. The average Bonchev–Trinajstić information content (AvgIpc) is 2.74. The second-order valence-corrected chi connectivity index (χ2v) is 8.37. The third-order valence-corrected chi connectivity index (χ3v) is 5.40. The summed E-state index contributed by atoms with van der Waals surface area (Å²) in [6.07, 6.45) is 3.52. The van der Waals surface area contributed by atoms with Crippen LogP contribution in [0.2, 0.25) is 0 Å². The van der Waals surface area contributed by atoms with Crippen molar-refractivity contribution in [2.75, 3.05) is 25.1 Å². The minimum absolute atomic E-state index is 0.0824. The largest absolute Gasteiger partial charge is 0.480 e. The van der Waals surface area contributed by atoms with Crippen molar-refractivity contribution in [1.82, 2.24) is 16.0 Å². The first-order valence-electron chi connectivity index (χ1n) is 10.4. The standard InChI is InChI=1S/C19H37N7O5S/c1-4-11(2)15(18(31)24-10-14(27)28)26-17(30)13(6-5-8-23-19(21)22)25-16(29)12(20)7-9-32-3/h11-13,15H,4-10,20H2,1-3H3,(H,24,31)(H,25,29)(H,26,30)(H,27,28)(H4,21,22,23). The van der Waals surface area contributed by atoms with Gasteiger partial charge in [-0.25, -0.2) is 0 Å². The van der Waals surface area contributed by atoms with Crippen molar-refractivity contribution in [3.63, 3.8) is 0 Å². The molecule has 32 heavy (non-hydrogen) atoms. The lowest BCUT2D eigenvalue weighted by Gasteiger charge is -2.27. The number of carboxylic acid groups (broad SMARTS) is 1. The Hall–Kier alpha value is -2.54. The second-order valence-electron chi connectivity index (χ2n) is 7.38. The van der Waals surface area contributed by atoms with E-state index in [2.05, 4.69) is 20.9 Å². The van der Waals surface area contributed by atoms with Gasteiger partial charge in [0.1, 0.15) is 18.6 Å². The second kappa shape index (κ2) is 16.1. The summed E-state index contributed by atoms with van der Waals surface area (Å²) in [5.74, 6) is -2.52.